The lowest BCUT2D eigenvalue weighted by atomic mass is 9.78. The van der Waals surface area contributed by atoms with Crippen molar-refractivity contribution in [3.63, 3.8) is 0 Å². The van der Waals surface area contributed by atoms with E-state index in [4.69, 9.17) is 0 Å². The van der Waals surface area contributed by atoms with Gasteiger partial charge in [0.2, 0.25) is 0 Å². The maximum Gasteiger partial charge on any atom is 0.269 e. The van der Waals surface area contributed by atoms with E-state index >= 15 is 0 Å². The predicted octanol–water partition coefficient (Wildman–Crippen LogP) is 6.00. The van der Waals surface area contributed by atoms with Crippen LogP contribution >= 0.6 is 0 Å². The molecule has 0 spiro atoms. The van der Waals surface area contributed by atoms with Crippen molar-refractivity contribution in [1.29, 1.82) is 0 Å². The Labute approximate surface area is 143 Å². The molecular formula is C20H24NO3. The van der Waals surface area contributed by atoms with Crippen molar-refractivity contribution in [3.05, 3.63) is 57.6 Å². The number of hydrogen-bond acceptors (Lipinski definition) is 2. The fraction of sp³-hybridized carbons (Fsp3) is 0.400. The molecule has 127 valence electrons. The van der Waals surface area contributed by atoms with E-state index in [0.29, 0.717) is 0 Å². The lowest BCUT2D eigenvalue weighted by molar-refractivity contribution is -0.384. The highest BCUT2D eigenvalue weighted by molar-refractivity contribution is 5.69. The molecule has 2 rings (SSSR count). The summed E-state index contributed by atoms with van der Waals surface area (Å²) in [7, 11) is 0. The third-order valence-corrected chi connectivity index (χ3v) is 4.12. The SMILES string of the molecule is CC(C)(C)c1cc(-c2ccc([N+](=O)[O-])cc2)cc(C(C)(C)C)c1[O]. The molecule has 0 aromatic heterocycles. The number of hydrogen-bond donors (Lipinski definition) is 0. The highest BCUT2D eigenvalue weighted by Gasteiger charge is 2.28. The molecule has 0 unspecified atom stereocenters. The minimum absolute atomic E-state index is 0.0614. The number of nitro groups is 1. The first-order valence-corrected chi connectivity index (χ1v) is 8.02. The molecule has 24 heavy (non-hydrogen) atoms. The lowest BCUT2D eigenvalue weighted by Gasteiger charge is -2.27. The van der Waals surface area contributed by atoms with Gasteiger partial charge in [-0.3, -0.25) is 15.2 Å². The van der Waals surface area contributed by atoms with Gasteiger partial charge in [0.25, 0.3) is 5.69 Å². The number of nitrogens with zero attached hydrogens (tertiary/aromatic N) is 1. The molecule has 1 radical (unpaired) electrons. The molecule has 0 aliphatic carbocycles. The van der Waals surface area contributed by atoms with Gasteiger partial charge in [-0.25, -0.2) is 0 Å². The summed E-state index contributed by atoms with van der Waals surface area (Å²) < 4.78 is 0. The molecule has 0 aliphatic heterocycles. The van der Waals surface area contributed by atoms with Gasteiger partial charge >= 0.3 is 0 Å². The Morgan fingerprint density at radius 3 is 1.54 bits per heavy atom. The topological polar surface area (TPSA) is 63.0 Å². The molecule has 0 amide bonds. The van der Waals surface area contributed by atoms with Gasteiger partial charge in [-0.05, 0) is 46.2 Å². The Morgan fingerprint density at radius 2 is 1.21 bits per heavy atom. The zero-order valence-corrected chi connectivity index (χ0v) is 15.1. The predicted molar refractivity (Wildman–Crippen MR) is 96.1 cm³/mol. The molecule has 4 heteroatoms. The van der Waals surface area contributed by atoms with Crippen LogP contribution in [0.4, 0.5) is 5.69 Å². The zero-order valence-electron chi connectivity index (χ0n) is 15.1. The molecule has 0 fully saturated rings. The van der Waals surface area contributed by atoms with Crippen molar-refractivity contribution in [2.45, 2.75) is 52.4 Å². The average Bonchev–Trinajstić information content (AvgIpc) is 2.45. The average molecular weight is 326 g/mol. The first-order valence-electron chi connectivity index (χ1n) is 8.02. The van der Waals surface area contributed by atoms with Crippen molar-refractivity contribution >= 4 is 5.69 Å². The van der Waals surface area contributed by atoms with Crippen molar-refractivity contribution in [3.8, 4) is 16.9 Å². The van der Waals surface area contributed by atoms with Crippen LogP contribution in [-0.4, -0.2) is 4.92 Å². The van der Waals surface area contributed by atoms with Crippen molar-refractivity contribution in [1.82, 2.24) is 0 Å². The normalized spacial score (nSPS) is 12.2. The summed E-state index contributed by atoms with van der Waals surface area (Å²) in [5.74, 6) is 0.0839. The van der Waals surface area contributed by atoms with E-state index in [9.17, 15) is 15.2 Å². The van der Waals surface area contributed by atoms with Crippen molar-refractivity contribution in [2.75, 3.05) is 0 Å². The summed E-state index contributed by atoms with van der Waals surface area (Å²) in [6.45, 7) is 12.1. The third-order valence-electron chi connectivity index (χ3n) is 4.12. The van der Waals surface area contributed by atoms with Gasteiger partial charge in [-0.2, -0.15) is 0 Å². The number of nitro benzene ring substituents is 1. The smallest absolute Gasteiger partial charge is 0.269 e. The lowest BCUT2D eigenvalue weighted by Crippen LogP contribution is -2.17. The quantitative estimate of drug-likeness (QED) is 0.502. The van der Waals surface area contributed by atoms with E-state index in [2.05, 4.69) is 0 Å². The van der Waals surface area contributed by atoms with Gasteiger partial charge < -0.3 is 0 Å². The fourth-order valence-corrected chi connectivity index (χ4v) is 2.69. The van der Waals surface area contributed by atoms with E-state index < -0.39 is 4.92 Å². The van der Waals surface area contributed by atoms with Gasteiger partial charge in [0.15, 0.2) is 5.75 Å². The molecule has 0 heterocycles. The van der Waals surface area contributed by atoms with Crippen molar-refractivity contribution in [2.24, 2.45) is 0 Å². The summed E-state index contributed by atoms with van der Waals surface area (Å²) in [5, 5.41) is 23.7. The van der Waals surface area contributed by atoms with Crippen LogP contribution in [-0.2, 0) is 15.9 Å². The summed E-state index contributed by atoms with van der Waals surface area (Å²) in [6.07, 6.45) is 0. The van der Waals surface area contributed by atoms with Crippen LogP contribution < -0.4 is 0 Å². The van der Waals surface area contributed by atoms with E-state index in [1.807, 2.05) is 53.7 Å². The summed E-state index contributed by atoms with van der Waals surface area (Å²) in [5.41, 5.74) is 2.84. The maximum absolute atomic E-state index is 12.9. The molecular weight excluding hydrogens is 302 g/mol. The van der Waals surface area contributed by atoms with Crippen LogP contribution in [0, 0.1) is 10.1 Å². The summed E-state index contributed by atoms with van der Waals surface area (Å²) in [6, 6.07) is 10.3. The van der Waals surface area contributed by atoms with Crippen LogP contribution in [0.15, 0.2) is 36.4 Å². The van der Waals surface area contributed by atoms with Gasteiger partial charge in [-0.15, -0.1) is 0 Å². The van der Waals surface area contributed by atoms with E-state index in [0.717, 1.165) is 22.3 Å². The van der Waals surface area contributed by atoms with E-state index in [-0.39, 0.29) is 22.3 Å². The number of benzene rings is 2. The number of rotatable bonds is 2. The monoisotopic (exact) mass is 326 g/mol. The van der Waals surface area contributed by atoms with E-state index in [1.165, 1.54) is 12.1 Å². The Bertz CT molecular complexity index is 728. The molecule has 2 aromatic carbocycles. The Morgan fingerprint density at radius 1 is 0.792 bits per heavy atom. The molecule has 0 bridgehead atoms. The number of non-ortho nitro benzene ring substituents is 1. The summed E-state index contributed by atoms with van der Waals surface area (Å²) >= 11 is 0. The van der Waals surface area contributed by atoms with Crippen LogP contribution in [0.2, 0.25) is 0 Å². The minimum Gasteiger partial charge on any atom is -0.289 e. The molecule has 2 aromatic rings. The molecule has 0 N–H and O–H groups in total. The van der Waals surface area contributed by atoms with E-state index in [1.54, 1.807) is 12.1 Å². The van der Waals surface area contributed by atoms with Crippen LogP contribution in [0.1, 0.15) is 52.7 Å². The minimum atomic E-state index is -0.411. The standard InChI is InChI=1S/C20H24NO3/c1-19(2,3)16-11-14(12-17(18(16)22)20(4,5)6)13-7-9-15(10-8-13)21(23)24/h7-12H,1-6H3. The molecule has 4 nitrogen and oxygen atoms in total. The van der Waals surface area contributed by atoms with Gasteiger partial charge in [-0.1, -0.05) is 41.5 Å². The van der Waals surface area contributed by atoms with Crippen molar-refractivity contribution < 1.29 is 10.0 Å². The Kier molecular flexibility index (Phi) is 4.44. The first-order chi connectivity index (χ1) is 10.9. The van der Waals surface area contributed by atoms with Gasteiger partial charge in [0.1, 0.15) is 0 Å². The van der Waals surface area contributed by atoms with Crippen LogP contribution in [0.25, 0.3) is 11.1 Å². The molecule has 0 aliphatic rings. The van der Waals surface area contributed by atoms with Gasteiger partial charge in [0, 0.05) is 23.3 Å². The molecule has 0 atom stereocenters. The largest absolute Gasteiger partial charge is 0.289 e. The highest BCUT2D eigenvalue weighted by Crippen LogP contribution is 2.42. The maximum atomic E-state index is 12.9. The van der Waals surface area contributed by atoms with Crippen LogP contribution in [0.5, 0.6) is 5.75 Å². The van der Waals surface area contributed by atoms with Crippen LogP contribution in [0.3, 0.4) is 0 Å². The van der Waals surface area contributed by atoms with Gasteiger partial charge in [0.05, 0.1) is 4.92 Å². The third kappa shape index (κ3) is 3.58. The first kappa shape index (κ1) is 18.0. The Hall–Kier alpha value is -2.36. The second-order valence-corrected chi connectivity index (χ2v) is 8.20. The fourth-order valence-electron chi connectivity index (χ4n) is 2.69. The molecule has 0 saturated carbocycles. The summed E-state index contributed by atoms with van der Waals surface area (Å²) in [4.78, 5) is 10.4. The zero-order chi connectivity index (χ0) is 18.3. The second-order valence-electron chi connectivity index (χ2n) is 8.20. The highest BCUT2D eigenvalue weighted by atomic mass is 16.6. The Balaban J connectivity index is 2.68. The molecule has 0 saturated heterocycles. The second kappa shape index (κ2) is 5.93.